The van der Waals surface area contributed by atoms with Crippen LogP contribution in [0.2, 0.25) is 0 Å². The van der Waals surface area contributed by atoms with Crippen molar-refractivity contribution in [3.05, 3.63) is 40.7 Å². The van der Waals surface area contributed by atoms with Gasteiger partial charge in [0.1, 0.15) is 12.4 Å². The van der Waals surface area contributed by atoms with Gasteiger partial charge in [-0.1, -0.05) is 42.9 Å². The molecule has 3 rings (SSSR count). The van der Waals surface area contributed by atoms with E-state index in [-0.39, 0.29) is 0 Å². The summed E-state index contributed by atoms with van der Waals surface area (Å²) in [5.74, 6) is 2.04. The summed E-state index contributed by atoms with van der Waals surface area (Å²) in [7, 11) is 0. The Morgan fingerprint density at radius 2 is 1.95 bits per heavy atom. The summed E-state index contributed by atoms with van der Waals surface area (Å²) < 4.78 is 7.54. The lowest BCUT2D eigenvalue weighted by Crippen LogP contribution is -2.00. The van der Waals surface area contributed by atoms with Crippen molar-refractivity contribution in [3.8, 4) is 5.75 Å². The van der Waals surface area contributed by atoms with E-state index in [1.165, 1.54) is 16.9 Å². The SMILES string of the molecule is Cc1ccc(OCc2nn3c(C(C)C)nnc3s2)cc1. The summed E-state index contributed by atoms with van der Waals surface area (Å²) in [6.07, 6.45) is 0. The minimum atomic E-state index is 0.304. The number of aromatic nitrogens is 4. The second kappa shape index (κ2) is 5.20. The van der Waals surface area contributed by atoms with Crippen LogP contribution >= 0.6 is 11.3 Å². The predicted molar refractivity (Wildman–Crippen MR) is 78.3 cm³/mol. The molecule has 0 aliphatic carbocycles. The van der Waals surface area contributed by atoms with Crippen molar-refractivity contribution in [2.45, 2.75) is 33.3 Å². The van der Waals surface area contributed by atoms with Crippen molar-refractivity contribution < 1.29 is 4.74 Å². The molecule has 0 amide bonds. The Kier molecular flexibility index (Phi) is 3.40. The Balaban J connectivity index is 1.76. The van der Waals surface area contributed by atoms with Gasteiger partial charge in [0, 0.05) is 5.92 Å². The number of benzene rings is 1. The molecule has 0 spiro atoms. The lowest BCUT2D eigenvalue weighted by atomic mass is 10.2. The first-order chi connectivity index (χ1) is 9.63. The Morgan fingerprint density at radius 3 is 2.65 bits per heavy atom. The minimum Gasteiger partial charge on any atom is -0.486 e. The molecule has 3 aromatic rings. The fraction of sp³-hybridized carbons (Fsp3) is 0.357. The van der Waals surface area contributed by atoms with Crippen molar-refractivity contribution in [1.29, 1.82) is 0 Å². The molecule has 0 saturated carbocycles. The van der Waals surface area contributed by atoms with Crippen molar-refractivity contribution in [1.82, 2.24) is 19.8 Å². The minimum absolute atomic E-state index is 0.304. The summed E-state index contributed by atoms with van der Waals surface area (Å²) in [4.78, 5) is 0.816. The molecule has 5 nitrogen and oxygen atoms in total. The van der Waals surface area contributed by atoms with Crippen molar-refractivity contribution in [2.24, 2.45) is 0 Å². The molecular formula is C14H16N4OS. The van der Waals surface area contributed by atoms with Crippen LogP contribution in [0.3, 0.4) is 0 Å². The Bertz CT molecular complexity index is 714. The van der Waals surface area contributed by atoms with Crippen LogP contribution in [0.1, 0.15) is 36.2 Å². The van der Waals surface area contributed by atoms with Crippen LogP contribution in [-0.4, -0.2) is 19.8 Å². The van der Waals surface area contributed by atoms with Gasteiger partial charge in [0.2, 0.25) is 4.96 Å². The Labute approximate surface area is 121 Å². The average molecular weight is 288 g/mol. The number of aryl methyl sites for hydroxylation is 1. The fourth-order valence-corrected chi connectivity index (χ4v) is 2.62. The number of hydrogen-bond acceptors (Lipinski definition) is 5. The number of fused-ring (bicyclic) bond motifs is 1. The van der Waals surface area contributed by atoms with E-state index in [1.807, 2.05) is 28.8 Å². The van der Waals surface area contributed by atoms with Gasteiger partial charge in [-0.25, -0.2) is 0 Å². The van der Waals surface area contributed by atoms with Crippen molar-refractivity contribution >= 4 is 16.3 Å². The summed E-state index contributed by atoms with van der Waals surface area (Å²) in [5, 5.41) is 13.7. The van der Waals surface area contributed by atoms with E-state index >= 15 is 0 Å². The monoisotopic (exact) mass is 288 g/mol. The zero-order valence-corrected chi connectivity index (χ0v) is 12.5. The highest BCUT2D eigenvalue weighted by Crippen LogP contribution is 2.20. The van der Waals surface area contributed by atoms with Crippen LogP contribution in [0, 0.1) is 6.92 Å². The molecular weight excluding hydrogens is 272 g/mol. The molecule has 0 saturated heterocycles. The molecule has 0 bridgehead atoms. The summed E-state index contributed by atoms with van der Waals surface area (Å²) in [6.45, 7) is 6.67. The highest BCUT2D eigenvalue weighted by molar-refractivity contribution is 7.16. The maximum Gasteiger partial charge on any atom is 0.234 e. The van der Waals surface area contributed by atoms with Gasteiger partial charge in [-0.3, -0.25) is 0 Å². The summed E-state index contributed by atoms with van der Waals surface area (Å²) in [5.41, 5.74) is 1.22. The predicted octanol–water partition coefficient (Wildman–Crippen LogP) is 3.20. The van der Waals surface area contributed by atoms with Gasteiger partial charge in [0.15, 0.2) is 10.8 Å². The highest BCUT2D eigenvalue weighted by Gasteiger charge is 2.14. The first-order valence-electron chi connectivity index (χ1n) is 6.54. The van der Waals surface area contributed by atoms with Crippen LogP contribution in [0.25, 0.3) is 4.96 Å². The van der Waals surface area contributed by atoms with Gasteiger partial charge in [-0.2, -0.15) is 9.61 Å². The van der Waals surface area contributed by atoms with E-state index in [0.29, 0.717) is 12.5 Å². The van der Waals surface area contributed by atoms with Gasteiger partial charge in [0.25, 0.3) is 0 Å². The van der Waals surface area contributed by atoms with Crippen LogP contribution in [0.5, 0.6) is 5.75 Å². The largest absolute Gasteiger partial charge is 0.486 e. The second-order valence-corrected chi connectivity index (χ2v) is 6.05. The van der Waals surface area contributed by atoms with Crippen LogP contribution in [-0.2, 0) is 6.61 Å². The molecule has 6 heteroatoms. The first-order valence-corrected chi connectivity index (χ1v) is 7.35. The van der Waals surface area contributed by atoms with Crippen molar-refractivity contribution in [3.63, 3.8) is 0 Å². The molecule has 0 unspecified atom stereocenters. The molecule has 20 heavy (non-hydrogen) atoms. The fourth-order valence-electron chi connectivity index (χ4n) is 1.87. The molecule has 0 N–H and O–H groups in total. The molecule has 0 aliphatic rings. The topological polar surface area (TPSA) is 52.3 Å². The lowest BCUT2D eigenvalue weighted by molar-refractivity contribution is 0.304. The van der Waals surface area contributed by atoms with E-state index in [0.717, 1.165) is 21.5 Å². The summed E-state index contributed by atoms with van der Waals surface area (Å²) >= 11 is 1.51. The van der Waals surface area contributed by atoms with Gasteiger partial charge >= 0.3 is 0 Å². The Morgan fingerprint density at radius 1 is 1.20 bits per heavy atom. The van der Waals surface area contributed by atoms with Gasteiger partial charge < -0.3 is 4.74 Å². The Hall–Kier alpha value is -1.95. The molecule has 1 aromatic carbocycles. The first kappa shape index (κ1) is 13.1. The molecule has 0 fully saturated rings. The normalized spacial score (nSPS) is 11.4. The highest BCUT2D eigenvalue weighted by atomic mass is 32.1. The third-order valence-electron chi connectivity index (χ3n) is 2.96. The number of rotatable bonds is 4. The number of ether oxygens (including phenoxy) is 1. The zero-order valence-electron chi connectivity index (χ0n) is 11.7. The van der Waals surface area contributed by atoms with E-state index in [4.69, 9.17) is 4.74 Å². The average Bonchev–Trinajstić information content (AvgIpc) is 2.97. The lowest BCUT2D eigenvalue weighted by Gasteiger charge is -2.03. The smallest absolute Gasteiger partial charge is 0.234 e. The van der Waals surface area contributed by atoms with Crippen molar-refractivity contribution in [2.75, 3.05) is 0 Å². The van der Waals surface area contributed by atoms with Gasteiger partial charge in [-0.15, -0.1) is 10.2 Å². The van der Waals surface area contributed by atoms with E-state index < -0.39 is 0 Å². The van der Waals surface area contributed by atoms with Crippen LogP contribution < -0.4 is 4.74 Å². The molecule has 0 atom stereocenters. The maximum absolute atomic E-state index is 5.73. The standard InChI is InChI=1S/C14H16N4OS/c1-9(2)13-15-16-14-18(13)17-12(20-14)8-19-11-6-4-10(3)5-7-11/h4-7,9H,8H2,1-3H3. The van der Waals surface area contributed by atoms with E-state index in [9.17, 15) is 0 Å². The summed E-state index contributed by atoms with van der Waals surface area (Å²) in [6, 6.07) is 8.00. The number of hydrogen-bond donors (Lipinski definition) is 0. The third kappa shape index (κ3) is 2.51. The zero-order chi connectivity index (χ0) is 14.1. The van der Waals surface area contributed by atoms with E-state index in [2.05, 4.69) is 36.1 Å². The van der Waals surface area contributed by atoms with Gasteiger partial charge in [-0.05, 0) is 19.1 Å². The second-order valence-electron chi connectivity index (χ2n) is 5.00. The van der Waals surface area contributed by atoms with Gasteiger partial charge in [0.05, 0.1) is 0 Å². The van der Waals surface area contributed by atoms with Crippen LogP contribution in [0.4, 0.5) is 0 Å². The number of nitrogens with zero attached hydrogens (tertiary/aromatic N) is 4. The molecule has 0 aliphatic heterocycles. The molecule has 2 aromatic heterocycles. The molecule has 104 valence electrons. The van der Waals surface area contributed by atoms with E-state index in [1.54, 1.807) is 0 Å². The third-order valence-corrected chi connectivity index (χ3v) is 3.83. The van der Waals surface area contributed by atoms with Crippen LogP contribution in [0.15, 0.2) is 24.3 Å². The quantitative estimate of drug-likeness (QED) is 0.740. The maximum atomic E-state index is 5.73. The molecule has 0 radical (unpaired) electrons. The molecule has 2 heterocycles.